The Labute approximate surface area is 127 Å². The van der Waals surface area contributed by atoms with Gasteiger partial charge in [0, 0.05) is 25.7 Å². The average Bonchev–Trinajstić information content (AvgIpc) is 3.21. The summed E-state index contributed by atoms with van der Waals surface area (Å²) < 4.78 is 2.47. The van der Waals surface area contributed by atoms with Crippen molar-refractivity contribution in [2.75, 3.05) is 19.7 Å². The third-order valence-corrected chi connectivity index (χ3v) is 4.87. The summed E-state index contributed by atoms with van der Waals surface area (Å²) in [5.74, 6) is 0. The summed E-state index contributed by atoms with van der Waals surface area (Å²) in [5.41, 5.74) is 0.865. The fourth-order valence-electron chi connectivity index (χ4n) is 2.62. The quantitative estimate of drug-likeness (QED) is 0.754. The normalized spacial score (nSPS) is 15.1. The highest BCUT2D eigenvalue weighted by Gasteiger charge is 2.28. The maximum atomic E-state index is 12.3. The fraction of sp³-hybridized carbons (Fsp3) is 0.600. The van der Waals surface area contributed by atoms with Crippen molar-refractivity contribution in [1.29, 1.82) is 0 Å². The molecule has 0 atom stereocenters. The zero-order valence-electron chi connectivity index (χ0n) is 12.1. The Morgan fingerprint density at radius 1 is 1.38 bits per heavy atom. The van der Waals surface area contributed by atoms with Gasteiger partial charge in [0.25, 0.3) is 5.56 Å². The van der Waals surface area contributed by atoms with Gasteiger partial charge in [-0.2, -0.15) is 0 Å². The first-order chi connectivity index (χ1) is 10.3. The number of aliphatic hydroxyl groups excluding tert-OH is 1. The zero-order chi connectivity index (χ0) is 14.7. The molecular formula is C15H21N3O2S. The summed E-state index contributed by atoms with van der Waals surface area (Å²) in [7, 11) is 0. The zero-order valence-corrected chi connectivity index (χ0v) is 12.9. The second kappa shape index (κ2) is 6.68. The summed E-state index contributed by atoms with van der Waals surface area (Å²) in [6, 6.07) is 2.56. The van der Waals surface area contributed by atoms with E-state index in [-0.39, 0.29) is 12.2 Å². The third-order valence-electron chi connectivity index (χ3n) is 3.98. The summed E-state index contributed by atoms with van der Waals surface area (Å²) in [6.45, 7) is 2.84. The van der Waals surface area contributed by atoms with E-state index in [4.69, 9.17) is 5.11 Å². The highest BCUT2D eigenvalue weighted by molar-refractivity contribution is 7.17. The van der Waals surface area contributed by atoms with Crippen molar-refractivity contribution < 1.29 is 5.11 Å². The van der Waals surface area contributed by atoms with Gasteiger partial charge in [-0.3, -0.25) is 14.3 Å². The molecule has 2 heterocycles. The van der Waals surface area contributed by atoms with Gasteiger partial charge in [0.2, 0.25) is 0 Å². The summed E-state index contributed by atoms with van der Waals surface area (Å²) in [5, 5.41) is 10.8. The van der Waals surface area contributed by atoms with Gasteiger partial charge in [-0.25, -0.2) is 4.98 Å². The molecule has 114 valence electrons. The maximum absolute atomic E-state index is 12.3. The third kappa shape index (κ3) is 3.51. The Kier molecular flexibility index (Phi) is 4.67. The minimum absolute atomic E-state index is 0.0705. The molecule has 0 aromatic carbocycles. The lowest BCUT2D eigenvalue weighted by atomic mass is 10.3. The standard InChI is InChI=1S/C15H21N3O2S/c19-9-2-1-6-17(12-3-4-12)7-8-18-11-16-13-5-10-21-14(13)15(18)20/h5,10-12,19H,1-4,6-9H2. The van der Waals surface area contributed by atoms with Crippen LogP contribution in [0.5, 0.6) is 0 Å². The Bertz CT molecular complexity index is 648. The Morgan fingerprint density at radius 3 is 3.00 bits per heavy atom. The molecule has 0 saturated heterocycles. The van der Waals surface area contributed by atoms with Crippen LogP contribution in [0.4, 0.5) is 0 Å². The van der Waals surface area contributed by atoms with Gasteiger partial charge in [-0.1, -0.05) is 0 Å². The van der Waals surface area contributed by atoms with E-state index in [9.17, 15) is 4.79 Å². The van der Waals surface area contributed by atoms with Crippen LogP contribution in [-0.2, 0) is 6.54 Å². The number of aliphatic hydroxyl groups is 1. The first-order valence-corrected chi connectivity index (χ1v) is 8.45. The van der Waals surface area contributed by atoms with Crippen molar-refractivity contribution >= 4 is 21.6 Å². The maximum Gasteiger partial charge on any atom is 0.271 e. The van der Waals surface area contributed by atoms with Crippen LogP contribution >= 0.6 is 11.3 Å². The number of hydrogen-bond acceptors (Lipinski definition) is 5. The van der Waals surface area contributed by atoms with E-state index >= 15 is 0 Å². The predicted octanol–water partition coefficient (Wildman–Crippen LogP) is 1.69. The molecule has 1 N–H and O–H groups in total. The summed E-state index contributed by atoms with van der Waals surface area (Å²) in [4.78, 5) is 19.1. The topological polar surface area (TPSA) is 58.4 Å². The van der Waals surface area contributed by atoms with Gasteiger partial charge in [-0.15, -0.1) is 11.3 Å². The van der Waals surface area contributed by atoms with Crippen molar-refractivity contribution in [3.8, 4) is 0 Å². The van der Waals surface area contributed by atoms with E-state index in [2.05, 4.69) is 9.88 Å². The SMILES string of the molecule is O=c1c2sccc2ncn1CCN(CCCCO)C1CC1. The number of rotatable bonds is 8. The number of unbranched alkanes of at least 4 members (excludes halogenated alkanes) is 1. The highest BCUT2D eigenvalue weighted by Crippen LogP contribution is 2.26. The molecule has 5 nitrogen and oxygen atoms in total. The molecular weight excluding hydrogens is 286 g/mol. The van der Waals surface area contributed by atoms with E-state index in [1.54, 1.807) is 10.9 Å². The molecule has 1 aliphatic carbocycles. The lowest BCUT2D eigenvalue weighted by Gasteiger charge is -2.22. The monoisotopic (exact) mass is 307 g/mol. The van der Waals surface area contributed by atoms with E-state index in [1.807, 2.05) is 11.4 Å². The van der Waals surface area contributed by atoms with Crippen LogP contribution in [0.25, 0.3) is 10.2 Å². The minimum Gasteiger partial charge on any atom is -0.396 e. The largest absolute Gasteiger partial charge is 0.396 e. The molecule has 2 aromatic rings. The van der Waals surface area contributed by atoms with E-state index in [0.717, 1.165) is 36.1 Å². The van der Waals surface area contributed by atoms with Crippen molar-refractivity contribution in [2.45, 2.75) is 38.3 Å². The second-order valence-electron chi connectivity index (χ2n) is 5.58. The van der Waals surface area contributed by atoms with Gasteiger partial charge >= 0.3 is 0 Å². The van der Waals surface area contributed by atoms with Crippen LogP contribution < -0.4 is 5.56 Å². The van der Waals surface area contributed by atoms with Gasteiger partial charge in [0.15, 0.2) is 0 Å². The van der Waals surface area contributed by atoms with Gasteiger partial charge in [0.05, 0.1) is 11.8 Å². The summed E-state index contributed by atoms with van der Waals surface area (Å²) in [6.07, 6.45) is 6.05. The lowest BCUT2D eigenvalue weighted by molar-refractivity contribution is 0.227. The number of fused-ring (bicyclic) bond motifs is 1. The lowest BCUT2D eigenvalue weighted by Crippen LogP contribution is -2.33. The molecule has 0 bridgehead atoms. The first kappa shape index (κ1) is 14.7. The molecule has 21 heavy (non-hydrogen) atoms. The second-order valence-corrected chi connectivity index (χ2v) is 6.49. The predicted molar refractivity (Wildman–Crippen MR) is 84.8 cm³/mol. The van der Waals surface area contributed by atoms with Crippen LogP contribution in [0.1, 0.15) is 25.7 Å². The molecule has 2 aromatic heterocycles. The van der Waals surface area contributed by atoms with E-state index < -0.39 is 0 Å². The number of aromatic nitrogens is 2. The molecule has 3 rings (SSSR count). The van der Waals surface area contributed by atoms with Gasteiger partial charge in [0.1, 0.15) is 4.70 Å². The number of thiophene rings is 1. The van der Waals surface area contributed by atoms with Crippen LogP contribution in [0, 0.1) is 0 Å². The minimum atomic E-state index is 0.0705. The Morgan fingerprint density at radius 2 is 2.24 bits per heavy atom. The van der Waals surface area contributed by atoms with Crippen LogP contribution in [-0.4, -0.2) is 45.3 Å². The smallest absolute Gasteiger partial charge is 0.271 e. The van der Waals surface area contributed by atoms with Gasteiger partial charge in [-0.05, 0) is 43.7 Å². The molecule has 0 amide bonds. The fourth-order valence-corrected chi connectivity index (χ4v) is 3.41. The number of hydrogen-bond donors (Lipinski definition) is 1. The molecule has 6 heteroatoms. The van der Waals surface area contributed by atoms with Crippen molar-refractivity contribution in [3.05, 3.63) is 28.1 Å². The van der Waals surface area contributed by atoms with Crippen molar-refractivity contribution in [2.24, 2.45) is 0 Å². The molecule has 1 saturated carbocycles. The van der Waals surface area contributed by atoms with Crippen molar-refractivity contribution in [3.63, 3.8) is 0 Å². The number of nitrogens with zero attached hydrogens (tertiary/aromatic N) is 3. The van der Waals surface area contributed by atoms with Crippen LogP contribution in [0.2, 0.25) is 0 Å². The highest BCUT2D eigenvalue weighted by atomic mass is 32.1. The van der Waals surface area contributed by atoms with Crippen LogP contribution in [0.15, 0.2) is 22.6 Å². The van der Waals surface area contributed by atoms with Crippen LogP contribution in [0.3, 0.4) is 0 Å². The van der Waals surface area contributed by atoms with E-state index in [1.165, 1.54) is 24.2 Å². The summed E-state index contributed by atoms with van der Waals surface area (Å²) >= 11 is 1.46. The van der Waals surface area contributed by atoms with Crippen molar-refractivity contribution in [1.82, 2.24) is 14.5 Å². The van der Waals surface area contributed by atoms with Gasteiger partial charge < -0.3 is 5.11 Å². The molecule has 0 unspecified atom stereocenters. The molecule has 0 aliphatic heterocycles. The first-order valence-electron chi connectivity index (χ1n) is 7.57. The molecule has 0 radical (unpaired) electrons. The molecule has 1 fully saturated rings. The average molecular weight is 307 g/mol. The Hall–Kier alpha value is -1.24. The van der Waals surface area contributed by atoms with E-state index in [0.29, 0.717) is 12.6 Å². The molecule has 1 aliphatic rings. The molecule has 0 spiro atoms. The Balaban J connectivity index is 1.64.